The second-order valence-electron chi connectivity index (χ2n) is 5.26. The molecule has 1 aromatic heterocycles. The van der Waals surface area contributed by atoms with E-state index in [0.717, 1.165) is 25.2 Å². The highest BCUT2D eigenvalue weighted by Crippen LogP contribution is 2.48. The molecule has 1 aliphatic heterocycles. The number of aryl methyl sites for hydroxylation is 1. The molecule has 102 valence electrons. The lowest BCUT2D eigenvalue weighted by Gasteiger charge is -2.37. The Morgan fingerprint density at radius 2 is 1.94 bits per heavy atom. The van der Waals surface area contributed by atoms with Crippen LogP contribution in [0.1, 0.15) is 35.8 Å². The Morgan fingerprint density at radius 3 is 2.61 bits per heavy atom. The zero-order valence-corrected chi connectivity index (χ0v) is 12.2. The van der Waals surface area contributed by atoms with E-state index in [1.807, 2.05) is 0 Å². The molecule has 0 aromatic carbocycles. The van der Waals surface area contributed by atoms with Gasteiger partial charge in [-0.05, 0) is 56.3 Å². The minimum Gasteiger partial charge on any atom is -0.323 e. The first-order valence-corrected chi connectivity index (χ1v) is 6.14. The van der Waals surface area contributed by atoms with Crippen molar-refractivity contribution in [2.75, 3.05) is 13.1 Å². The minimum absolute atomic E-state index is 0. The molecule has 0 saturated carbocycles. The number of fused-ring (bicyclic) bond motifs is 1. The van der Waals surface area contributed by atoms with Crippen LogP contribution < -0.4 is 11.1 Å². The molecular weight excluding hydrogens is 269 g/mol. The van der Waals surface area contributed by atoms with Gasteiger partial charge in [0.2, 0.25) is 0 Å². The smallest absolute Gasteiger partial charge is 0.0460 e. The molecule has 0 radical (unpaired) electrons. The molecule has 1 saturated heterocycles. The first-order valence-electron chi connectivity index (χ1n) is 6.14. The normalized spacial score (nSPS) is 24.0. The summed E-state index contributed by atoms with van der Waals surface area (Å²) in [6, 6.07) is 4.45. The number of rotatable bonds is 0. The second-order valence-corrected chi connectivity index (χ2v) is 5.26. The third-order valence-corrected chi connectivity index (χ3v) is 4.26. The molecule has 1 atom stereocenters. The average molecular weight is 290 g/mol. The minimum atomic E-state index is 0. The largest absolute Gasteiger partial charge is 0.323 e. The van der Waals surface area contributed by atoms with Gasteiger partial charge in [-0.25, -0.2) is 0 Å². The Kier molecular flexibility index (Phi) is 5.01. The van der Waals surface area contributed by atoms with Gasteiger partial charge < -0.3 is 11.1 Å². The van der Waals surface area contributed by atoms with Gasteiger partial charge in [-0.15, -0.1) is 24.8 Å². The first kappa shape index (κ1) is 15.7. The zero-order valence-electron chi connectivity index (χ0n) is 10.6. The van der Waals surface area contributed by atoms with Gasteiger partial charge in [-0.2, -0.15) is 0 Å². The van der Waals surface area contributed by atoms with E-state index in [1.54, 1.807) is 0 Å². The maximum absolute atomic E-state index is 6.44. The Hall–Kier alpha value is -0.350. The summed E-state index contributed by atoms with van der Waals surface area (Å²) in [6.07, 6.45) is 3.44. The predicted molar refractivity (Wildman–Crippen MR) is 78.6 cm³/mol. The number of pyridine rings is 1. The van der Waals surface area contributed by atoms with E-state index in [4.69, 9.17) is 5.73 Å². The molecule has 5 heteroatoms. The van der Waals surface area contributed by atoms with Gasteiger partial charge in [-0.1, -0.05) is 6.07 Å². The number of nitrogens with two attached hydrogens (primary N) is 1. The summed E-state index contributed by atoms with van der Waals surface area (Å²) in [5.41, 5.74) is 10.4. The lowest BCUT2D eigenvalue weighted by atomic mass is 9.74. The molecule has 1 fully saturated rings. The third kappa shape index (κ3) is 2.37. The first-order chi connectivity index (χ1) is 7.71. The number of halogens is 2. The monoisotopic (exact) mass is 289 g/mol. The van der Waals surface area contributed by atoms with Crippen LogP contribution in [0.2, 0.25) is 0 Å². The van der Waals surface area contributed by atoms with Crippen molar-refractivity contribution >= 4 is 24.8 Å². The lowest BCUT2D eigenvalue weighted by Crippen LogP contribution is -2.42. The molecule has 3 N–H and O–H groups in total. The van der Waals surface area contributed by atoms with Gasteiger partial charge in [0.05, 0.1) is 0 Å². The fourth-order valence-corrected chi connectivity index (χ4v) is 3.23. The van der Waals surface area contributed by atoms with Crippen LogP contribution in [0.25, 0.3) is 0 Å². The van der Waals surface area contributed by atoms with E-state index in [1.165, 1.54) is 24.1 Å². The SMILES string of the molecule is Cc1ccc2c(n1)CC1(CCNCC1)[C@H]2N.Cl.Cl. The highest BCUT2D eigenvalue weighted by Gasteiger charge is 2.45. The number of aromatic nitrogens is 1. The Balaban J connectivity index is 0.000000810. The number of hydrogen-bond acceptors (Lipinski definition) is 3. The van der Waals surface area contributed by atoms with E-state index in [0.29, 0.717) is 0 Å². The van der Waals surface area contributed by atoms with Crippen molar-refractivity contribution in [3.63, 3.8) is 0 Å². The topological polar surface area (TPSA) is 50.9 Å². The molecule has 2 heterocycles. The van der Waals surface area contributed by atoms with Crippen molar-refractivity contribution in [2.45, 2.75) is 32.2 Å². The van der Waals surface area contributed by atoms with Crippen molar-refractivity contribution < 1.29 is 0 Å². The summed E-state index contributed by atoms with van der Waals surface area (Å²) < 4.78 is 0. The molecule has 0 amide bonds. The molecule has 1 aromatic rings. The molecular formula is C13H21Cl2N3. The molecule has 1 aliphatic carbocycles. The molecule has 0 bridgehead atoms. The summed E-state index contributed by atoms with van der Waals surface area (Å²) in [7, 11) is 0. The van der Waals surface area contributed by atoms with Gasteiger partial charge in [0, 0.05) is 17.4 Å². The second kappa shape index (κ2) is 5.74. The van der Waals surface area contributed by atoms with Gasteiger partial charge in [0.25, 0.3) is 0 Å². The Morgan fingerprint density at radius 1 is 1.28 bits per heavy atom. The van der Waals surface area contributed by atoms with E-state index < -0.39 is 0 Å². The highest BCUT2D eigenvalue weighted by atomic mass is 35.5. The van der Waals surface area contributed by atoms with E-state index in [9.17, 15) is 0 Å². The van der Waals surface area contributed by atoms with E-state index >= 15 is 0 Å². The van der Waals surface area contributed by atoms with Crippen molar-refractivity contribution in [1.82, 2.24) is 10.3 Å². The molecule has 3 nitrogen and oxygen atoms in total. The van der Waals surface area contributed by atoms with Crippen molar-refractivity contribution in [3.05, 3.63) is 29.1 Å². The summed E-state index contributed by atoms with van der Waals surface area (Å²) in [6.45, 7) is 4.25. The van der Waals surface area contributed by atoms with Gasteiger partial charge in [-0.3, -0.25) is 4.98 Å². The fourth-order valence-electron chi connectivity index (χ4n) is 3.23. The van der Waals surface area contributed by atoms with Crippen LogP contribution in [0.3, 0.4) is 0 Å². The fraction of sp³-hybridized carbons (Fsp3) is 0.615. The highest BCUT2D eigenvalue weighted by molar-refractivity contribution is 5.85. The standard InChI is InChI=1S/C13H19N3.2ClH/c1-9-2-3-10-11(16-9)8-13(12(10)14)4-6-15-7-5-13;;/h2-3,12,15H,4-8,14H2,1H3;2*1H/t12-;;/m0../s1. The number of piperidine rings is 1. The Bertz CT molecular complexity index is 417. The van der Waals surface area contributed by atoms with Gasteiger partial charge in [0.1, 0.15) is 0 Å². The van der Waals surface area contributed by atoms with Crippen LogP contribution in [-0.2, 0) is 6.42 Å². The maximum atomic E-state index is 6.44. The quantitative estimate of drug-likeness (QED) is 0.770. The van der Waals surface area contributed by atoms with Crippen molar-refractivity contribution in [1.29, 1.82) is 0 Å². The predicted octanol–water partition coefficient (Wildman–Crippen LogP) is 2.16. The van der Waals surface area contributed by atoms with Crippen LogP contribution in [0, 0.1) is 12.3 Å². The third-order valence-electron chi connectivity index (χ3n) is 4.26. The average Bonchev–Trinajstić information content (AvgIpc) is 2.53. The summed E-state index contributed by atoms with van der Waals surface area (Å²) >= 11 is 0. The zero-order chi connectivity index (χ0) is 11.2. The number of nitrogens with zero attached hydrogens (tertiary/aromatic N) is 1. The molecule has 0 unspecified atom stereocenters. The summed E-state index contributed by atoms with van der Waals surface area (Å²) in [4.78, 5) is 4.65. The Labute approximate surface area is 121 Å². The van der Waals surface area contributed by atoms with Crippen LogP contribution in [0.5, 0.6) is 0 Å². The summed E-state index contributed by atoms with van der Waals surface area (Å²) in [5.74, 6) is 0. The maximum Gasteiger partial charge on any atom is 0.0460 e. The van der Waals surface area contributed by atoms with Crippen LogP contribution in [0.15, 0.2) is 12.1 Å². The van der Waals surface area contributed by atoms with E-state index in [2.05, 4.69) is 29.4 Å². The van der Waals surface area contributed by atoms with E-state index in [-0.39, 0.29) is 36.3 Å². The van der Waals surface area contributed by atoms with Crippen molar-refractivity contribution in [2.24, 2.45) is 11.1 Å². The van der Waals surface area contributed by atoms with Crippen LogP contribution in [0.4, 0.5) is 0 Å². The molecule has 18 heavy (non-hydrogen) atoms. The van der Waals surface area contributed by atoms with Crippen LogP contribution >= 0.6 is 24.8 Å². The van der Waals surface area contributed by atoms with Gasteiger partial charge >= 0.3 is 0 Å². The molecule has 2 aliphatic rings. The summed E-state index contributed by atoms with van der Waals surface area (Å²) in [5, 5.41) is 3.42. The van der Waals surface area contributed by atoms with Crippen LogP contribution in [-0.4, -0.2) is 18.1 Å². The number of hydrogen-bond donors (Lipinski definition) is 2. The van der Waals surface area contributed by atoms with Gasteiger partial charge in [0.15, 0.2) is 0 Å². The molecule has 1 spiro atoms. The van der Waals surface area contributed by atoms with Crippen molar-refractivity contribution in [3.8, 4) is 0 Å². The number of nitrogens with one attached hydrogen (secondary N) is 1. The molecule has 3 rings (SSSR count). The lowest BCUT2D eigenvalue weighted by molar-refractivity contribution is 0.173.